The van der Waals surface area contributed by atoms with Gasteiger partial charge in [0.05, 0.1) is 17.3 Å². The van der Waals surface area contributed by atoms with Crippen molar-refractivity contribution in [2.75, 3.05) is 4.90 Å². The molecular formula is C24H20N4O4S. The summed E-state index contributed by atoms with van der Waals surface area (Å²) >= 11 is 1.48. The van der Waals surface area contributed by atoms with Crippen LogP contribution in [0.2, 0.25) is 0 Å². The summed E-state index contributed by atoms with van der Waals surface area (Å²) in [4.78, 5) is 41.3. The van der Waals surface area contributed by atoms with Crippen molar-refractivity contribution in [3.8, 4) is 0 Å². The lowest BCUT2D eigenvalue weighted by atomic mass is 9.99. The van der Waals surface area contributed by atoms with Crippen LogP contribution in [-0.2, 0) is 21.1 Å². The van der Waals surface area contributed by atoms with Crippen LogP contribution in [0.3, 0.4) is 0 Å². The summed E-state index contributed by atoms with van der Waals surface area (Å²) < 4.78 is 6.48. The summed E-state index contributed by atoms with van der Waals surface area (Å²) in [6.07, 6.45) is 0.0214. The molecule has 8 nitrogen and oxygen atoms in total. The molecule has 9 heteroatoms. The second kappa shape index (κ2) is 8.59. The summed E-state index contributed by atoms with van der Waals surface area (Å²) in [6, 6.07) is 17.8. The SMILES string of the molecule is Cc1ccc(N2C(=O)CC(C(=O)OCn3nnc4ccccc4c3=O)C2c2cccs2)cc1. The Hall–Kier alpha value is -3.85. The minimum atomic E-state index is -0.707. The van der Waals surface area contributed by atoms with Crippen LogP contribution in [0, 0.1) is 12.8 Å². The van der Waals surface area contributed by atoms with E-state index in [1.165, 1.54) is 11.3 Å². The number of nitrogens with zero attached hydrogens (tertiary/aromatic N) is 4. The van der Waals surface area contributed by atoms with Crippen LogP contribution in [0.25, 0.3) is 10.9 Å². The minimum absolute atomic E-state index is 0.0214. The molecule has 5 rings (SSSR count). The van der Waals surface area contributed by atoms with Gasteiger partial charge in [-0.2, -0.15) is 4.68 Å². The molecule has 0 saturated carbocycles. The Labute approximate surface area is 193 Å². The molecule has 2 aromatic heterocycles. The number of rotatable bonds is 5. The number of aromatic nitrogens is 3. The van der Waals surface area contributed by atoms with E-state index >= 15 is 0 Å². The number of hydrogen-bond acceptors (Lipinski definition) is 7. The van der Waals surface area contributed by atoms with E-state index in [1.54, 1.807) is 29.2 Å². The predicted molar refractivity (Wildman–Crippen MR) is 124 cm³/mol. The molecule has 2 aromatic carbocycles. The number of hydrogen-bond donors (Lipinski definition) is 0. The molecule has 0 spiro atoms. The molecule has 166 valence electrons. The van der Waals surface area contributed by atoms with E-state index < -0.39 is 23.5 Å². The third-order valence-corrected chi connectivity index (χ3v) is 6.67. The quantitative estimate of drug-likeness (QED) is 0.424. The van der Waals surface area contributed by atoms with Gasteiger partial charge in [-0.3, -0.25) is 14.4 Å². The fraction of sp³-hybridized carbons (Fsp3) is 0.208. The molecule has 0 radical (unpaired) electrons. The zero-order valence-corrected chi connectivity index (χ0v) is 18.6. The van der Waals surface area contributed by atoms with E-state index in [0.29, 0.717) is 10.9 Å². The fourth-order valence-electron chi connectivity index (χ4n) is 4.08. The van der Waals surface area contributed by atoms with Crippen molar-refractivity contribution in [3.05, 3.63) is 86.8 Å². The monoisotopic (exact) mass is 460 g/mol. The Morgan fingerprint density at radius 3 is 2.64 bits per heavy atom. The third kappa shape index (κ3) is 3.91. The molecule has 0 bridgehead atoms. The van der Waals surface area contributed by atoms with Gasteiger partial charge in [-0.1, -0.05) is 41.1 Å². The first-order valence-electron chi connectivity index (χ1n) is 10.4. The molecule has 1 aliphatic heterocycles. The van der Waals surface area contributed by atoms with E-state index in [4.69, 9.17) is 4.74 Å². The van der Waals surface area contributed by atoms with Gasteiger partial charge in [0.25, 0.3) is 5.56 Å². The van der Waals surface area contributed by atoms with E-state index in [0.717, 1.165) is 20.8 Å². The number of fused-ring (bicyclic) bond motifs is 1. The molecule has 33 heavy (non-hydrogen) atoms. The number of anilines is 1. The highest BCUT2D eigenvalue weighted by atomic mass is 32.1. The fourth-order valence-corrected chi connectivity index (χ4v) is 4.96. The molecule has 1 fully saturated rings. The van der Waals surface area contributed by atoms with E-state index in [-0.39, 0.29) is 19.1 Å². The topological polar surface area (TPSA) is 94.4 Å². The Kier molecular flexibility index (Phi) is 5.47. The Morgan fingerprint density at radius 2 is 1.88 bits per heavy atom. The molecule has 1 saturated heterocycles. The number of carbonyl (C=O) groups is 2. The smallest absolute Gasteiger partial charge is 0.313 e. The second-order valence-corrected chi connectivity index (χ2v) is 8.85. The lowest BCUT2D eigenvalue weighted by Gasteiger charge is -2.27. The van der Waals surface area contributed by atoms with E-state index in [1.807, 2.05) is 48.7 Å². The Bertz CT molecular complexity index is 1380. The zero-order chi connectivity index (χ0) is 22.9. The van der Waals surface area contributed by atoms with E-state index in [2.05, 4.69) is 10.3 Å². The number of thiophene rings is 1. The third-order valence-electron chi connectivity index (χ3n) is 5.73. The standard InChI is InChI=1S/C24H20N4O4S/c1-15-8-10-16(11-9-15)28-21(29)13-18(22(28)20-7-4-12-33-20)24(31)32-14-27-23(30)17-5-2-3-6-19(17)25-26-27/h2-12,18,22H,13-14H2,1H3. The van der Waals surface area contributed by atoms with Gasteiger partial charge in [0.1, 0.15) is 5.52 Å². The number of aryl methyl sites for hydroxylation is 1. The molecule has 1 amide bonds. The summed E-state index contributed by atoms with van der Waals surface area (Å²) in [7, 11) is 0. The van der Waals surface area contributed by atoms with Gasteiger partial charge in [0.15, 0.2) is 6.73 Å². The number of benzene rings is 2. The Balaban J connectivity index is 1.41. The summed E-state index contributed by atoms with van der Waals surface area (Å²) in [6.45, 7) is 1.60. The number of ether oxygens (including phenoxy) is 1. The van der Waals surface area contributed by atoms with Gasteiger partial charge in [-0.25, -0.2) is 0 Å². The molecule has 2 unspecified atom stereocenters. The maximum Gasteiger partial charge on any atom is 0.313 e. The van der Waals surface area contributed by atoms with Crippen LogP contribution in [0.4, 0.5) is 5.69 Å². The van der Waals surface area contributed by atoms with Crippen LogP contribution in [0.15, 0.2) is 70.8 Å². The molecule has 0 aliphatic carbocycles. The summed E-state index contributed by atoms with van der Waals surface area (Å²) in [5, 5.41) is 10.2. The van der Waals surface area contributed by atoms with Gasteiger partial charge in [0.2, 0.25) is 5.91 Å². The molecule has 4 aromatic rings. The van der Waals surface area contributed by atoms with Crippen LogP contribution in [0.1, 0.15) is 22.9 Å². The highest BCUT2D eigenvalue weighted by Gasteiger charge is 2.46. The minimum Gasteiger partial charge on any atom is -0.442 e. The van der Waals surface area contributed by atoms with Crippen molar-refractivity contribution in [1.29, 1.82) is 0 Å². The van der Waals surface area contributed by atoms with Gasteiger partial charge in [-0.15, -0.1) is 16.4 Å². The largest absolute Gasteiger partial charge is 0.442 e. The zero-order valence-electron chi connectivity index (χ0n) is 17.7. The van der Waals surface area contributed by atoms with Crippen molar-refractivity contribution in [3.63, 3.8) is 0 Å². The van der Waals surface area contributed by atoms with Crippen molar-refractivity contribution in [1.82, 2.24) is 15.0 Å². The highest BCUT2D eigenvalue weighted by Crippen LogP contribution is 2.43. The lowest BCUT2D eigenvalue weighted by Crippen LogP contribution is -2.32. The number of esters is 1. The second-order valence-electron chi connectivity index (χ2n) is 7.87. The van der Waals surface area contributed by atoms with Gasteiger partial charge < -0.3 is 9.64 Å². The van der Waals surface area contributed by atoms with Crippen LogP contribution < -0.4 is 10.5 Å². The normalized spacial score (nSPS) is 18.1. The lowest BCUT2D eigenvalue weighted by molar-refractivity contribution is -0.153. The highest BCUT2D eigenvalue weighted by molar-refractivity contribution is 7.10. The first-order valence-corrected chi connectivity index (χ1v) is 11.3. The maximum absolute atomic E-state index is 13.1. The van der Waals surface area contributed by atoms with Crippen molar-refractivity contribution < 1.29 is 14.3 Å². The first-order chi connectivity index (χ1) is 16.0. The molecular weight excluding hydrogens is 440 g/mol. The molecule has 0 N–H and O–H groups in total. The van der Waals surface area contributed by atoms with Crippen molar-refractivity contribution >= 4 is 39.8 Å². The van der Waals surface area contributed by atoms with E-state index in [9.17, 15) is 14.4 Å². The predicted octanol–water partition coefficient (Wildman–Crippen LogP) is 3.46. The molecule has 1 aliphatic rings. The molecule has 2 atom stereocenters. The number of amides is 1. The summed E-state index contributed by atoms with van der Waals surface area (Å²) in [5.74, 6) is -1.42. The summed E-state index contributed by atoms with van der Waals surface area (Å²) in [5.41, 5.74) is 1.89. The van der Waals surface area contributed by atoms with Gasteiger partial charge >= 0.3 is 5.97 Å². The van der Waals surface area contributed by atoms with Crippen LogP contribution in [-0.4, -0.2) is 26.9 Å². The number of carbonyl (C=O) groups excluding carboxylic acids is 2. The van der Waals surface area contributed by atoms with Crippen LogP contribution >= 0.6 is 11.3 Å². The van der Waals surface area contributed by atoms with Crippen molar-refractivity contribution in [2.24, 2.45) is 5.92 Å². The average molecular weight is 461 g/mol. The van der Waals surface area contributed by atoms with Gasteiger partial charge in [0, 0.05) is 17.0 Å². The maximum atomic E-state index is 13.1. The molecule has 3 heterocycles. The van der Waals surface area contributed by atoms with Gasteiger partial charge in [-0.05, 0) is 42.6 Å². The van der Waals surface area contributed by atoms with Crippen LogP contribution in [0.5, 0.6) is 0 Å². The van der Waals surface area contributed by atoms with Crippen molar-refractivity contribution in [2.45, 2.75) is 26.1 Å². The average Bonchev–Trinajstić information content (AvgIpc) is 3.47. The Morgan fingerprint density at radius 1 is 1.09 bits per heavy atom. The first kappa shape index (κ1) is 21.0.